The molecule has 0 radical (unpaired) electrons. The summed E-state index contributed by atoms with van der Waals surface area (Å²) in [7, 11) is 0. The van der Waals surface area contributed by atoms with Crippen LogP contribution in [0.4, 0.5) is 24.8 Å². The topological polar surface area (TPSA) is 89.3 Å². The lowest BCUT2D eigenvalue weighted by Crippen LogP contribution is -2.55. The van der Waals surface area contributed by atoms with Crippen LogP contribution >= 0.6 is 11.6 Å². The minimum absolute atomic E-state index is 0.0877. The Morgan fingerprint density at radius 2 is 1.71 bits per heavy atom. The van der Waals surface area contributed by atoms with E-state index in [4.69, 9.17) is 22.0 Å². The average Bonchev–Trinajstić information content (AvgIpc) is 3.10. The van der Waals surface area contributed by atoms with E-state index in [0.29, 0.717) is 46.2 Å². The molecule has 11 heteroatoms. The normalized spacial score (nSPS) is 18.0. The maximum atomic E-state index is 14.9. The lowest BCUT2D eigenvalue weighted by atomic mass is 9.95. The first-order valence-corrected chi connectivity index (χ1v) is 13.9. The third-order valence-corrected chi connectivity index (χ3v) is 7.55. The Hall–Kier alpha value is -4.28. The number of rotatable bonds is 4. The summed E-state index contributed by atoms with van der Waals surface area (Å²) in [6.45, 7) is 5.35. The van der Waals surface area contributed by atoms with E-state index in [1.54, 1.807) is 36.5 Å². The van der Waals surface area contributed by atoms with Crippen molar-refractivity contribution >= 4 is 34.8 Å². The fourth-order valence-electron chi connectivity index (χ4n) is 5.52. The number of benzene rings is 3. The van der Waals surface area contributed by atoms with E-state index >= 15 is 0 Å². The van der Waals surface area contributed by atoms with Gasteiger partial charge >= 0.3 is 0 Å². The van der Waals surface area contributed by atoms with Gasteiger partial charge in [0.1, 0.15) is 23.3 Å². The van der Waals surface area contributed by atoms with E-state index in [1.807, 2.05) is 18.7 Å². The summed E-state index contributed by atoms with van der Waals surface area (Å²) in [5, 5.41) is 15.6. The van der Waals surface area contributed by atoms with Crippen molar-refractivity contribution in [3.05, 3.63) is 106 Å². The smallest absolute Gasteiger partial charge is 0.227 e. The Morgan fingerprint density at radius 1 is 0.976 bits per heavy atom. The van der Waals surface area contributed by atoms with Gasteiger partial charge in [-0.3, -0.25) is 10.4 Å². The highest BCUT2D eigenvalue weighted by atomic mass is 35.5. The molecular weight excluding hydrogens is 563 g/mol. The van der Waals surface area contributed by atoms with Crippen LogP contribution in [0.1, 0.15) is 36.1 Å². The highest BCUT2D eigenvalue weighted by molar-refractivity contribution is 6.31. The Labute approximate surface area is 246 Å². The van der Waals surface area contributed by atoms with E-state index in [-0.39, 0.29) is 47.3 Å². The van der Waals surface area contributed by atoms with Gasteiger partial charge in [0.25, 0.3) is 0 Å². The predicted molar refractivity (Wildman–Crippen MR) is 158 cm³/mol. The predicted octanol–water partition coefficient (Wildman–Crippen LogP) is 6.32. The van der Waals surface area contributed by atoms with Crippen LogP contribution in [0, 0.1) is 22.9 Å². The van der Waals surface area contributed by atoms with E-state index in [2.05, 4.69) is 20.6 Å². The van der Waals surface area contributed by atoms with Crippen molar-refractivity contribution in [1.29, 1.82) is 5.41 Å². The van der Waals surface area contributed by atoms with Crippen molar-refractivity contribution in [3.8, 4) is 11.3 Å². The molecule has 214 valence electrons. The number of piperazine rings is 1. The van der Waals surface area contributed by atoms with Gasteiger partial charge in [0, 0.05) is 58.8 Å². The molecule has 0 bridgehead atoms. The number of hydrogen-bond acceptors (Lipinski definition) is 6. The molecule has 0 amide bonds. The fraction of sp³-hybridized carbons (Fsp3) is 0.226. The molecule has 3 heterocycles. The second kappa shape index (κ2) is 11.2. The molecule has 42 heavy (non-hydrogen) atoms. The molecule has 7 nitrogen and oxygen atoms in total. The van der Waals surface area contributed by atoms with Crippen LogP contribution in [0.15, 0.2) is 65.8 Å². The van der Waals surface area contributed by atoms with E-state index in [9.17, 15) is 13.2 Å². The van der Waals surface area contributed by atoms with Gasteiger partial charge in [-0.25, -0.2) is 23.1 Å². The minimum atomic E-state index is -0.735. The Morgan fingerprint density at radius 3 is 2.45 bits per heavy atom. The third-order valence-electron chi connectivity index (χ3n) is 7.31. The molecular formula is C31H27ClF3N7. The fourth-order valence-corrected chi connectivity index (χ4v) is 5.69. The lowest BCUT2D eigenvalue weighted by molar-refractivity contribution is 0.254. The first kappa shape index (κ1) is 27.9. The molecule has 1 saturated heterocycles. The molecule has 6 rings (SSSR count). The van der Waals surface area contributed by atoms with Crippen LogP contribution in [0.3, 0.4) is 0 Å². The molecule has 0 spiro atoms. The number of aliphatic imine (C=N–C) groups is 1. The van der Waals surface area contributed by atoms with Crippen molar-refractivity contribution in [3.63, 3.8) is 0 Å². The van der Waals surface area contributed by atoms with Crippen molar-refractivity contribution in [2.45, 2.75) is 32.5 Å². The minimum Gasteiger partial charge on any atom is -0.353 e. The molecule has 0 aliphatic carbocycles. The van der Waals surface area contributed by atoms with Gasteiger partial charge in [0.2, 0.25) is 5.95 Å². The summed E-state index contributed by atoms with van der Waals surface area (Å²) >= 11 is 6.31. The maximum absolute atomic E-state index is 14.9. The zero-order chi connectivity index (χ0) is 29.5. The molecule has 4 aromatic rings. The van der Waals surface area contributed by atoms with Gasteiger partial charge in [-0.2, -0.15) is 0 Å². The zero-order valence-corrected chi connectivity index (χ0v) is 23.6. The Bertz CT molecular complexity index is 1710. The number of fused-ring (bicyclic) bond motifs is 3. The third kappa shape index (κ3) is 5.35. The molecule has 2 atom stereocenters. The van der Waals surface area contributed by atoms with Crippen molar-refractivity contribution < 1.29 is 13.2 Å². The largest absolute Gasteiger partial charge is 0.353 e. The maximum Gasteiger partial charge on any atom is 0.227 e. The molecule has 3 N–H and O–H groups in total. The number of aromatic nitrogens is 2. The number of amidine groups is 1. The van der Waals surface area contributed by atoms with Crippen LogP contribution in [0.2, 0.25) is 5.02 Å². The van der Waals surface area contributed by atoms with Crippen molar-refractivity contribution in [2.24, 2.45) is 4.99 Å². The molecule has 2 aliphatic rings. The van der Waals surface area contributed by atoms with Gasteiger partial charge in [-0.05, 0) is 56.3 Å². The molecule has 1 fully saturated rings. The van der Waals surface area contributed by atoms with Crippen molar-refractivity contribution in [2.75, 3.05) is 18.4 Å². The lowest BCUT2D eigenvalue weighted by Gasteiger charge is -2.37. The van der Waals surface area contributed by atoms with Gasteiger partial charge in [-0.1, -0.05) is 23.7 Å². The van der Waals surface area contributed by atoms with E-state index in [1.165, 1.54) is 24.3 Å². The molecule has 0 saturated carbocycles. The van der Waals surface area contributed by atoms with Crippen LogP contribution in [0.25, 0.3) is 11.3 Å². The monoisotopic (exact) mass is 589 g/mol. The Balaban J connectivity index is 1.34. The highest BCUT2D eigenvalue weighted by Crippen LogP contribution is 2.35. The summed E-state index contributed by atoms with van der Waals surface area (Å²) in [5.74, 6) is -1.63. The number of halogens is 4. The highest BCUT2D eigenvalue weighted by Gasteiger charge is 2.27. The quantitative estimate of drug-likeness (QED) is 0.192. The average molecular weight is 590 g/mol. The molecule has 1 aromatic heterocycles. The summed E-state index contributed by atoms with van der Waals surface area (Å²) in [6.07, 6.45) is 1.60. The SMILES string of the molecule is CC1CN(C(=N)c2cc(Nc3ncc4c(n3)-c3ccc(Cl)cc3C(c3c(F)cccc3F)=NC4)ccc2F)CC(C)N1. The molecule has 2 aliphatic heterocycles. The summed E-state index contributed by atoms with van der Waals surface area (Å²) < 4.78 is 44.6. The first-order chi connectivity index (χ1) is 20.2. The summed E-state index contributed by atoms with van der Waals surface area (Å²) in [4.78, 5) is 15.6. The van der Waals surface area contributed by atoms with Gasteiger partial charge < -0.3 is 15.5 Å². The second-order valence-electron chi connectivity index (χ2n) is 10.6. The van der Waals surface area contributed by atoms with Gasteiger partial charge in [-0.15, -0.1) is 0 Å². The second-order valence-corrected chi connectivity index (χ2v) is 11.0. The Kier molecular flexibility index (Phi) is 7.42. The standard InChI is InChI=1S/C31H27ClF3N7/c1-16-14-42(15-17(2)39-16)30(36)23-11-20(7-9-24(23)33)40-31-38-13-18-12-37-29(27-25(34)4-3-5-26(27)35)22-10-19(32)6-8-21(22)28(18)41-31/h3-11,13,16-17,36,39H,12,14-15H2,1-2H3,(H,38,40,41). The number of nitrogens with zero attached hydrogens (tertiary/aromatic N) is 4. The molecule has 2 unspecified atom stereocenters. The number of hydrogen-bond donors (Lipinski definition) is 3. The van der Waals surface area contributed by atoms with E-state index < -0.39 is 17.5 Å². The molecule has 3 aromatic carbocycles. The number of anilines is 2. The number of nitrogens with one attached hydrogen (secondary N) is 3. The van der Waals surface area contributed by atoms with Crippen LogP contribution in [-0.4, -0.2) is 51.6 Å². The zero-order valence-electron chi connectivity index (χ0n) is 22.9. The summed E-state index contributed by atoms with van der Waals surface area (Å²) in [5.41, 5.74) is 2.76. The van der Waals surface area contributed by atoms with Crippen molar-refractivity contribution in [1.82, 2.24) is 20.2 Å². The van der Waals surface area contributed by atoms with Gasteiger partial charge in [0.15, 0.2) is 0 Å². The van der Waals surface area contributed by atoms with Crippen LogP contribution in [0.5, 0.6) is 0 Å². The van der Waals surface area contributed by atoms with Crippen LogP contribution < -0.4 is 10.6 Å². The summed E-state index contributed by atoms with van der Waals surface area (Å²) in [6, 6.07) is 13.5. The van der Waals surface area contributed by atoms with Crippen LogP contribution in [-0.2, 0) is 6.54 Å². The first-order valence-electron chi connectivity index (χ1n) is 13.5. The van der Waals surface area contributed by atoms with Gasteiger partial charge in [0.05, 0.1) is 29.1 Å². The van der Waals surface area contributed by atoms with E-state index in [0.717, 1.165) is 0 Å².